The van der Waals surface area contributed by atoms with Crippen LogP contribution in [-0.4, -0.2) is 56.8 Å². The zero-order valence-corrected chi connectivity index (χ0v) is 20.6. The van der Waals surface area contributed by atoms with Gasteiger partial charge in [-0.1, -0.05) is 6.07 Å². The van der Waals surface area contributed by atoms with Crippen molar-refractivity contribution in [1.82, 2.24) is 24.9 Å². The fourth-order valence-corrected chi connectivity index (χ4v) is 4.46. The number of halogens is 2. The fourth-order valence-electron chi connectivity index (χ4n) is 3.85. The minimum atomic E-state index is -0.519. The first-order valence-electron chi connectivity index (χ1n) is 10.4. The second kappa shape index (κ2) is 8.80. The van der Waals surface area contributed by atoms with Crippen LogP contribution in [-0.2, 0) is 4.74 Å². The van der Waals surface area contributed by atoms with Gasteiger partial charge in [-0.05, 0) is 74.4 Å². The smallest absolute Gasteiger partial charge is 0.410 e. The van der Waals surface area contributed by atoms with Crippen molar-refractivity contribution < 1.29 is 18.7 Å². The van der Waals surface area contributed by atoms with Crippen molar-refractivity contribution in [2.24, 2.45) is 0 Å². The first kappa shape index (κ1) is 22.7. The Morgan fingerprint density at radius 2 is 1.94 bits per heavy atom. The van der Waals surface area contributed by atoms with Crippen LogP contribution in [0.25, 0.3) is 22.3 Å². The molecule has 0 saturated carbocycles. The average Bonchev–Trinajstić information content (AvgIpc) is 3.08. The van der Waals surface area contributed by atoms with E-state index < -0.39 is 11.4 Å². The molecule has 1 saturated heterocycles. The Morgan fingerprint density at radius 1 is 1.22 bits per heavy atom. The largest absolute Gasteiger partial charge is 0.493 e. The third kappa shape index (κ3) is 4.50. The highest BCUT2D eigenvalue weighted by Gasteiger charge is 2.29. The molecule has 1 amide bonds. The molecule has 0 spiro atoms. The van der Waals surface area contributed by atoms with E-state index in [0.717, 1.165) is 22.1 Å². The molecule has 0 unspecified atom stereocenters. The molecular formula is C22H25FIN5O3. The van der Waals surface area contributed by atoms with Crippen LogP contribution in [0.5, 0.6) is 5.75 Å². The van der Waals surface area contributed by atoms with E-state index in [1.165, 1.54) is 13.2 Å². The minimum Gasteiger partial charge on any atom is -0.493 e. The summed E-state index contributed by atoms with van der Waals surface area (Å²) in [5.74, 6) is -0.322. The molecule has 1 aliphatic rings. The molecular weight excluding hydrogens is 528 g/mol. The summed E-state index contributed by atoms with van der Waals surface area (Å²) < 4.78 is 27.6. The van der Waals surface area contributed by atoms with Crippen molar-refractivity contribution in [3.63, 3.8) is 0 Å². The SMILES string of the molecule is COc1c(F)cccc1-c1cc2c(nn1)c(I)nn2C1CCN(C(=O)OC(C)(C)C)CC1. The minimum absolute atomic E-state index is 0.103. The zero-order valence-electron chi connectivity index (χ0n) is 18.4. The highest BCUT2D eigenvalue weighted by Crippen LogP contribution is 2.34. The van der Waals surface area contributed by atoms with Crippen molar-refractivity contribution >= 4 is 39.7 Å². The molecule has 3 aromatic rings. The third-order valence-electron chi connectivity index (χ3n) is 5.32. The summed E-state index contributed by atoms with van der Waals surface area (Å²) in [4.78, 5) is 14.1. The molecule has 10 heteroatoms. The Balaban J connectivity index is 1.62. The van der Waals surface area contributed by atoms with Crippen LogP contribution >= 0.6 is 22.6 Å². The number of carbonyl (C=O) groups excluding carboxylic acids is 1. The first-order valence-corrected chi connectivity index (χ1v) is 11.5. The summed E-state index contributed by atoms with van der Waals surface area (Å²) in [6.45, 7) is 6.76. The van der Waals surface area contributed by atoms with E-state index in [2.05, 4.69) is 32.8 Å². The van der Waals surface area contributed by atoms with Gasteiger partial charge in [0.2, 0.25) is 0 Å². The molecule has 1 aliphatic heterocycles. The number of aromatic nitrogens is 4. The van der Waals surface area contributed by atoms with Gasteiger partial charge < -0.3 is 14.4 Å². The lowest BCUT2D eigenvalue weighted by atomic mass is 10.1. The van der Waals surface area contributed by atoms with Crippen LogP contribution < -0.4 is 4.74 Å². The van der Waals surface area contributed by atoms with Gasteiger partial charge in [0.1, 0.15) is 11.1 Å². The molecule has 0 aliphatic carbocycles. The third-order valence-corrected chi connectivity index (χ3v) is 6.05. The Kier molecular flexibility index (Phi) is 6.24. The Bertz CT molecular complexity index is 1150. The number of ether oxygens (including phenoxy) is 2. The predicted octanol–water partition coefficient (Wildman–Crippen LogP) is 4.82. The van der Waals surface area contributed by atoms with Crippen LogP contribution in [0.15, 0.2) is 24.3 Å². The number of methoxy groups -OCH3 is 1. The molecule has 1 fully saturated rings. The fraction of sp³-hybridized carbons (Fsp3) is 0.455. The number of rotatable bonds is 3. The normalized spacial score (nSPS) is 15.2. The van der Waals surface area contributed by atoms with Crippen LogP contribution in [0.2, 0.25) is 0 Å². The number of amides is 1. The lowest BCUT2D eigenvalue weighted by molar-refractivity contribution is 0.0186. The van der Waals surface area contributed by atoms with E-state index in [1.807, 2.05) is 31.5 Å². The summed E-state index contributed by atoms with van der Waals surface area (Å²) in [5, 5.41) is 13.3. The van der Waals surface area contributed by atoms with Crippen LogP contribution in [0.1, 0.15) is 39.7 Å². The molecule has 0 radical (unpaired) electrons. The molecule has 170 valence electrons. The van der Waals surface area contributed by atoms with Gasteiger partial charge in [0.15, 0.2) is 15.3 Å². The molecule has 2 aromatic heterocycles. The highest BCUT2D eigenvalue weighted by atomic mass is 127. The number of piperidine rings is 1. The summed E-state index contributed by atoms with van der Waals surface area (Å²) in [6, 6.07) is 6.69. The number of para-hydroxylation sites is 1. The molecule has 0 N–H and O–H groups in total. The number of fused-ring (bicyclic) bond motifs is 1. The highest BCUT2D eigenvalue weighted by molar-refractivity contribution is 14.1. The van der Waals surface area contributed by atoms with Crippen LogP contribution in [0.4, 0.5) is 9.18 Å². The van der Waals surface area contributed by atoms with Gasteiger partial charge in [0.25, 0.3) is 0 Å². The van der Waals surface area contributed by atoms with Gasteiger partial charge in [-0.2, -0.15) is 5.10 Å². The molecule has 32 heavy (non-hydrogen) atoms. The number of nitrogens with zero attached hydrogens (tertiary/aromatic N) is 5. The molecule has 0 bridgehead atoms. The van der Waals surface area contributed by atoms with Crippen molar-refractivity contribution in [1.29, 1.82) is 0 Å². The zero-order chi connectivity index (χ0) is 23.0. The predicted molar refractivity (Wildman–Crippen MR) is 126 cm³/mol. The van der Waals surface area contributed by atoms with Gasteiger partial charge in [-0.25, -0.2) is 9.18 Å². The maximum Gasteiger partial charge on any atom is 0.410 e. The van der Waals surface area contributed by atoms with Gasteiger partial charge >= 0.3 is 6.09 Å². The quantitative estimate of drug-likeness (QED) is 0.433. The van der Waals surface area contributed by atoms with Crippen molar-refractivity contribution in [3.8, 4) is 17.0 Å². The second-order valence-corrected chi connectivity index (χ2v) is 9.74. The molecule has 0 atom stereocenters. The number of benzene rings is 1. The standard InChI is InChI=1S/C22H25FIN5O3/c1-22(2,3)32-21(30)28-10-8-13(9-11-28)29-17-12-16(25-26-18(17)20(24)27-29)14-6-5-7-15(23)19(14)31-4/h5-7,12-13H,8-11H2,1-4H3. The second-order valence-electron chi connectivity index (χ2n) is 8.72. The molecule has 8 nitrogen and oxygen atoms in total. The van der Waals surface area contributed by atoms with E-state index >= 15 is 0 Å². The molecule has 4 rings (SSSR count). The number of likely N-dealkylation sites (tertiary alicyclic amines) is 1. The van der Waals surface area contributed by atoms with E-state index in [0.29, 0.717) is 29.9 Å². The van der Waals surface area contributed by atoms with Crippen LogP contribution in [0, 0.1) is 9.52 Å². The Labute approximate surface area is 199 Å². The maximum absolute atomic E-state index is 14.2. The van der Waals surface area contributed by atoms with E-state index in [-0.39, 0.29) is 17.9 Å². The van der Waals surface area contributed by atoms with Gasteiger partial charge in [0, 0.05) is 18.7 Å². The van der Waals surface area contributed by atoms with Crippen molar-refractivity contribution in [3.05, 3.63) is 33.8 Å². The summed E-state index contributed by atoms with van der Waals surface area (Å²) >= 11 is 2.15. The lowest BCUT2D eigenvalue weighted by Crippen LogP contribution is -2.42. The molecule has 1 aromatic carbocycles. The Morgan fingerprint density at radius 3 is 2.59 bits per heavy atom. The van der Waals surface area contributed by atoms with Gasteiger partial charge in [-0.3, -0.25) is 4.68 Å². The van der Waals surface area contributed by atoms with Gasteiger partial charge in [0.05, 0.1) is 24.4 Å². The summed E-state index contributed by atoms with van der Waals surface area (Å²) in [5.41, 5.74) is 2.04. The van der Waals surface area contributed by atoms with E-state index in [9.17, 15) is 9.18 Å². The number of hydrogen-bond acceptors (Lipinski definition) is 6. The Hall–Kier alpha value is -2.50. The number of hydrogen-bond donors (Lipinski definition) is 0. The van der Waals surface area contributed by atoms with Gasteiger partial charge in [-0.15, -0.1) is 10.2 Å². The molecule has 3 heterocycles. The average molecular weight is 553 g/mol. The van der Waals surface area contributed by atoms with Crippen molar-refractivity contribution in [2.75, 3.05) is 20.2 Å². The summed E-state index contributed by atoms with van der Waals surface area (Å²) in [7, 11) is 1.43. The number of carbonyl (C=O) groups is 1. The first-order chi connectivity index (χ1) is 15.2. The monoisotopic (exact) mass is 553 g/mol. The summed E-state index contributed by atoms with van der Waals surface area (Å²) in [6.07, 6.45) is 1.20. The van der Waals surface area contributed by atoms with E-state index in [4.69, 9.17) is 14.6 Å². The topological polar surface area (TPSA) is 82.4 Å². The van der Waals surface area contributed by atoms with Crippen molar-refractivity contribution in [2.45, 2.75) is 45.3 Å². The lowest BCUT2D eigenvalue weighted by Gasteiger charge is -2.33. The van der Waals surface area contributed by atoms with Crippen LogP contribution in [0.3, 0.4) is 0 Å². The maximum atomic E-state index is 14.2. The van der Waals surface area contributed by atoms with E-state index in [1.54, 1.807) is 17.0 Å².